The molecule has 0 spiro atoms. The number of halogens is 1. The van der Waals surface area contributed by atoms with E-state index in [1.807, 2.05) is 33.8 Å². The molecule has 0 aliphatic heterocycles. The van der Waals surface area contributed by atoms with E-state index >= 15 is 4.39 Å². The third kappa shape index (κ3) is 5.40. The smallest absolute Gasteiger partial charge is 0.306 e. The maximum absolute atomic E-state index is 17.5. The number of amides is 1. The van der Waals surface area contributed by atoms with Crippen LogP contribution in [0.1, 0.15) is 72.3 Å². The highest BCUT2D eigenvalue weighted by atomic mass is 19.1. The predicted octanol–water partition coefficient (Wildman–Crippen LogP) is 4.66. The number of rotatable bonds is 10. The van der Waals surface area contributed by atoms with Gasteiger partial charge in [-0.15, -0.1) is 0 Å². The first-order valence-electron chi connectivity index (χ1n) is 16.8. The first-order valence-corrected chi connectivity index (χ1v) is 16.8. The zero-order chi connectivity index (χ0) is 34.5. The Bertz CT molecular complexity index is 1510. The monoisotopic (exact) mass is 652 g/mol. The lowest BCUT2D eigenvalue weighted by atomic mass is 9.44. The van der Waals surface area contributed by atoms with Crippen LogP contribution in [0.15, 0.2) is 48.1 Å². The van der Waals surface area contributed by atoms with Gasteiger partial charge in [-0.05, 0) is 80.6 Å². The zero-order valence-electron chi connectivity index (χ0n) is 28.3. The Kier molecular flexibility index (Phi) is 9.47. The van der Waals surface area contributed by atoms with Gasteiger partial charge in [-0.2, -0.15) is 0 Å². The number of para-hydroxylation sites is 1. The molecule has 3 saturated carbocycles. The van der Waals surface area contributed by atoms with E-state index < -0.39 is 58.5 Å². The van der Waals surface area contributed by atoms with Crippen molar-refractivity contribution < 1.29 is 38.1 Å². The summed E-state index contributed by atoms with van der Waals surface area (Å²) in [5.74, 6) is -2.71. The van der Waals surface area contributed by atoms with Gasteiger partial charge in [0.2, 0.25) is 11.7 Å². The molecule has 4 aliphatic rings. The number of alkyl halides is 1. The van der Waals surface area contributed by atoms with E-state index in [9.17, 15) is 24.3 Å². The van der Waals surface area contributed by atoms with Crippen molar-refractivity contribution in [3.05, 3.63) is 53.6 Å². The number of carbonyl (C=O) groups excluding carboxylic acids is 4. The Labute approximate surface area is 276 Å². The number of esters is 1. The summed E-state index contributed by atoms with van der Waals surface area (Å²) >= 11 is 0. The molecule has 256 valence electrons. The molecule has 47 heavy (non-hydrogen) atoms. The molecule has 0 heterocycles. The van der Waals surface area contributed by atoms with Crippen molar-refractivity contribution in [3.63, 3.8) is 0 Å². The molecule has 0 bridgehead atoms. The van der Waals surface area contributed by atoms with Crippen molar-refractivity contribution in [2.75, 3.05) is 19.0 Å². The molecule has 10 heteroatoms. The second-order valence-corrected chi connectivity index (χ2v) is 14.8. The van der Waals surface area contributed by atoms with Gasteiger partial charge in [0.25, 0.3) is 0 Å². The van der Waals surface area contributed by atoms with Gasteiger partial charge in [0.05, 0.1) is 12.1 Å². The number of ketones is 2. The third-order valence-corrected chi connectivity index (χ3v) is 12.2. The molecule has 9 atom stereocenters. The number of nitrogens with two attached hydrogens (primary N) is 1. The van der Waals surface area contributed by atoms with Crippen molar-refractivity contribution in [2.45, 2.75) is 96.6 Å². The number of carbonyl (C=O) groups is 4. The van der Waals surface area contributed by atoms with E-state index in [-0.39, 0.29) is 48.7 Å². The zero-order valence-corrected chi connectivity index (χ0v) is 28.3. The van der Waals surface area contributed by atoms with Crippen molar-refractivity contribution in [2.24, 2.45) is 40.2 Å². The van der Waals surface area contributed by atoms with Crippen LogP contribution in [0.3, 0.4) is 0 Å². The van der Waals surface area contributed by atoms with E-state index in [1.54, 1.807) is 31.2 Å². The molecule has 5 rings (SSSR count). The number of hydrogen-bond acceptors (Lipinski definition) is 8. The van der Waals surface area contributed by atoms with Gasteiger partial charge in [0, 0.05) is 36.0 Å². The Morgan fingerprint density at radius 2 is 1.87 bits per heavy atom. The van der Waals surface area contributed by atoms with Crippen molar-refractivity contribution in [1.29, 1.82) is 0 Å². The van der Waals surface area contributed by atoms with Crippen molar-refractivity contribution in [1.82, 2.24) is 0 Å². The van der Waals surface area contributed by atoms with Crippen molar-refractivity contribution in [3.8, 4) is 0 Å². The fourth-order valence-electron chi connectivity index (χ4n) is 9.61. The Morgan fingerprint density at radius 1 is 1.17 bits per heavy atom. The molecular formula is C37H49FN2O7. The number of hydrogen-bond donors (Lipinski definition) is 3. The number of benzene rings is 1. The molecule has 0 unspecified atom stereocenters. The van der Waals surface area contributed by atoms with Crippen LogP contribution in [0.5, 0.6) is 0 Å². The van der Waals surface area contributed by atoms with Gasteiger partial charge >= 0.3 is 5.97 Å². The second kappa shape index (κ2) is 12.7. The minimum Gasteiger partial charge on any atom is -0.458 e. The maximum Gasteiger partial charge on any atom is 0.306 e. The summed E-state index contributed by atoms with van der Waals surface area (Å²) < 4.78 is 29.1. The molecule has 9 nitrogen and oxygen atoms in total. The molecule has 4 N–H and O–H groups in total. The quantitative estimate of drug-likeness (QED) is 0.310. The van der Waals surface area contributed by atoms with Crippen LogP contribution in [0.4, 0.5) is 10.1 Å². The number of aliphatic hydroxyl groups is 1. The van der Waals surface area contributed by atoms with Crippen LogP contribution in [-0.4, -0.2) is 65.7 Å². The molecule has 1 aromatic carbocycles. The SMILES string of the molecule is CO[C@]1(C(=O)COC(=O)CCc2ccccc2NC(=O)[C@@H](N)C(C)C)[C@H](C)C[C@H]2[C@@H]3CCC4=CC(=O)C=C[C@]4(C)[C@@]3(F)[C@@H](O)C[C@@]21C. The average molecular weight is 653 g/mol. The number of methoxy groups -OCH3 is 1. The van der Waals surface area contributed by atoms with Gasteiger partial charge < -0.3 is 25.6 Å². The summed E-state index contributed by atoms with van der Waals surface area (Å²) in [5, 5.41) is 14.5. The number of anilines is 1. The lowest BCUT2D eigenvalue weighted by Gasteiger charge is -2.63. The summed E-state index contributed by atoms with van der Waals surface area (Å²) in [7, 11) is 1.46. The standard InChI is InChI=1S/C37H49FN2O7/c1-21(2)32(39)33(45)40-28-10-8-7-9-23(28)11-14-31(44)47-20-30(43)37(46-6)22(3)17-27-26-13-12-24-18-25(41)15-16-34(24,4)36(26,38)29(42)19-35(27,37)5/h7-10,15-16,18,21-22,26-27,29,32,42H,11-14,17,19-20,39H2,1-6H3,(H,40,45)/t22-,26+,27+,29+,32+,34+,35+,36+,37+/m1/s1. The number of aryl methyl sites for hydroxylation is 1. The molecule has 4 aliphatic carbocycles. The fraction of sp³-hybridized carbons (Fsp3) is 0.622. The molecule has 0 saturated heterocycles. The molecule has 1 aromatic rings. The van der Waals surface area contributed by atoms with Crippen LogP contribution in [0.25, 0.3) is 0 Å². The third-order valence-electron chi connectivity index (χ3n) is 12.2. The van der Waals surface area contributed by atoms with Gasteiger partial charge in [-0.25, -0.2) is 4.39 Å². The molecular weight excluding hydrogens is 603 g/mol. The first kappa shape index (κ1) is 35.1. The van der Waals surface area contributed by atoms with E-state index in [1.165, 1.54) is 19.3 Å². The number of aliphatic hydroxyl groups excluding tert-OH is 1. The normalized spacial score (nSPS) is 36.6. The van der Waals surface area contributed by atoms with Crippen LogP contribution < -0.4 is 11.1 Å². The highest BCUT2D eigenvalue weighted by Gasteiger charge is 2.76. The second-order valence-electron chi connectivity index (χ2n) is 14.8. The highest BCUT2D eigenvalue weighted by molar-refractivity contribution is 6.01. The summed E-state index contributed by atoms with van der Waals surface area (Å²) in [6, 6.07) is 6.46. The summed E-state index contributed by atoms with van der Waals surface area (Å²) in [5.41, 5.74) is 2.50. The number of ether oxygens (including phenoxy) is 2. The number of Topliss-reactive ketones (excluding diaryl/α,β-unsaturated/α-hetero) is 1. The van der Waals surface area contributed by atoms with E-state index in [0.717, 1.165) is 5.56 Å². The van der Waals surface area contributed by atoms with Gasteiger partial charge in [0.1, 0.15) is 5.60 Å². The number of fused-ring (bicyclic) bond motifs is 5. The first-order chi connectivity index (χ1) is 22.1. The highest BCUT2D eigenvalue weighted by Crippen LogP contribution is 2.71. The Hall–Kier alpha value is -3.21. The number of nitrogens with one attached hydrogen (secondary N) is 1. The summed E-state index contributed by atoms with van der Waals surface area (Å²) in [4.78, 5) is 51.7. The summed E-state index contributed by atoms with van der Waals surface area (Å²) in [6.07, 6.45) is 4.80. The average Bonchev–Trinajstić information content (AvgIpc) is 3.25. The van der Waals surface area contributed by atoms with Gasteiger partial charge in [-0.3, -0.25) is 19.2 Å². The molecule has 1 amide bonds. The molecule has 0 radical (unpaired) electrons. The lowest BCUT2D eigenvalue weighted by molar-refractivity contribution is -0.224. The van der Waals surface area contributed by atoms with Gasteiger partial charge in [0.15, 0.2) is 18.1 Å². The van der Waals surface area contributed by atoms with Crippen LogP contribution in [0, 0.1) is 34.5 Å². The van der Waals surface area contributed by atoms with Crippen LogP contribution in [0.2, 0.25) is 0 Å². The Morgan fingerprint density at radius 3 is 2.55 bits per heavy atom. The minimum atomic E-state index is -2.02. The van der Waals surface area contributed by atoms with E-state index in [0.29, 0.717) is 30.5 Å². The predicted molar refractivity (Wildman–Crippen MR) is 175 cm³/mol. The largest absolute Gasteiger partial charge is 0.458 e. The fourth-order valence-corrected chi connectivity index (χ4v) is 9.61. The minimum absolute atomic E-state index is 0.0177. The number of allylic oxidation sites excluding steroid dienone is 4. The lowest BCUT2D eigenvalue weighted by Crippen LogP contribution is -2.69. The molecule has 3 fully saturated rings. The Balaban J connectivity index is 1.29. The van der Waals surface area contributed by atoms with E-state index in [4.69, 9.17) is 15.2 Å². The van der Waals surface area contributed by atoms with E-state index in [2.05, 4.69) is 5.32 Å². The summed E-state index contributed by atoms with van der Waals surface area (Å²) in [6.45, 7) is 8.78. The molecule has 0 aromatic heterocycles. The van der Waals surface area contributed by atoms with Crippen molar-refractivity contribution >= 4 is 29.1 Å². The van der Waals surface area contributed by atoms with Gasteiger partial charge in [-0.1, -0.05) is 57.5 Å². The maximum atomic E-state index is 17.5. The van der Waals surface area contributed by atoms with Crippen LogP contribution >= 0.6 is 0 Å². The van der Waals surface area contributed by atoms with Crippen LogP contribution in [-0.2, 0) is 35.1 Å². The topological polar surface area (TPSA) is 145 Å².